The highest BCUT2D eigenvalue weighted by molar-refractivity contribution is 7.99. The fourth-order valence-electron chi connectivity index (χ4n) is 1.76. The number of nitrogens with zero attached hydrogens (tertiary/aromatic N) is 1. The van der Waals surface area contributed by atoms with Crippen LogP contribution in [0.2, 0.25) is 0 Å². The number of aryl methyl sites for hydroxylation is 1. The number of anilines is 1. The Balaban J connectivity index is 0.000000606. The standard InChI is InChI=1S/C12H17NS.C2H6/c1-2-11-3-5-12(6-4-11)13-7-9-14-10-8-13;1-2/h3-6H,2,7-10H2,1H3;1-2H3. The lowest BCUT2D eigenvalue weighted by atomic mass is 10.1. The van der Waals surface area contributed by atoms with Crippen LogP contribution >= 0.6 is 11.8 Å². The minimum absolute atomic E-state index is 1.14. The molecular weight excluding hydrogens is 214 g/mol. The monoisotopic (exact) mass is 237 g/mol. The predicted molar refractivity (Wildman–Crippen MR) is 76.7 cm³/mol. The highest BCUT2D eigenvalue weighted by Crippen LogP contribution is 2.19. The molecule has 90 valence electrons. The van der Waals surface area contributed by atoms with Crippen LogP contribution < -0.4 is 4.90 Å². The molecule has 16 heavy (non-hydrogen) atoms. The molecule has 1 aliphatic heterocycles. The second-order valence-electron chi connectivity index (χ2n) is 3.62. The third-order valence-electron chi connectivity index (χ3n) is 2.72. The summed E-state index contributed by atoms with van der Waals surface area (Å²) in [7, 11) is 0. The zero-order valence-corrected chi connectivity index (χ0v) is 11.5. The van der Waals surface area contributed by atoms with Gasteiger partial charge in [-0.1, -0.05) is 32.9 Å². The van der Waals surface area contributed by atoms with Crippen LogP contribution in [0.3, 0.4) is 0 Å². The summed E-state index contributed by atoms with van der Waals surface area (Å²) in [6.45, 7) is 8.61. The molecule has 0 unspecified atom stereocenters. The van der Waals surface area contributed by atoms with Crippen LogP contribution in [0.4, 0.5) is 5.69 Å². The molecule has 0 aliphatic carbocycles. The first kappa shape index (κ1) is 13.4. The summed E-state index contributed by atoms with van der Waals surface area (Å²) in [6.07, 6.45) is 1.14. The van der Waals surface area contributed by atoms with Gasteiger partial charge in [-0.15, -0.1) is 0 Å². The quantitative estimate of drug-likeness (QED) is 0.769. The van der Waals surface area contributed by atoms with Gasteiger partial charge >= 0.3 is 0 Å². The van der Waals surface area contributed by atoms with Gasteiger partial charge in [-0.3, -0.25) is 0 Å². The van der Waals surface area contributed by atoms with Crippen LogP contribution in [-0.2, 0) is 6.42 Å². The van der Waals surface area contributed by atoms with Crippen molar-refractivity contribution < 1.29 is 0 Å². The van der Waals surface area contributed by atoms with Gasteiger partial charge in [0.25, 0.3) is 0 Å². The van der Waals surface area contributed by atoms with Crippen molar-refractivity contribution in [3.05, 3.63) is 29.8 Å². The van der Waals surface area contributed by atoms with Gasteiger partial charge < -0.3 is 4.90 Å². The summed E-state index contributed by atoms with van der Waals surface area (Å²) in [6, 6.07) is 9.01. The minimum atomic E-state index is 1.14. The second kappa shape index (κ2) is 7.61. The maximum atomic E-state index is 2.48. The van der Waals surface area contributed by atoms with Crippen LogP contribution in [0.25, 0.3) is 0 Å². The topological polar surface area (TPSA) is 3.24 Å². The van der Waals surface area contributed by atoms with Crippen molar-refractivity contribution in [2.24, 2.45) is 0 Å². The minimum Gasteiger partial charge on any atom is -0.370 e. The highest BCUT2D eigenvalue weighted by atomic mass is 32.2. The van der Waals surface area contributed by atoms with E-state index in [0.29, 0.717) is 0 Å². The van der Waals surface area contributed by atoms with Crippen molar-refractivity contribution in [1.82, 2.24) is 0 Å². The fraction of sp³-hybridized carbons (Fsp3) is 0.571. The number of hydrogen-bond donors (Lipinski definition) is 0. The van der Waals surface area contributed by atoms with E-state index in [9.17, 15) is 0 Å². The largest absolute Gasteiger partial charge is 0.370 e. The predicted octanol–water partition coefficient (Wildman–Crippen LogP) is 3.83. The van der Waals surface area contributed by atoms with E-state index in [2.05, 4.69) is 47.9 Å². The van der Waals surface area contributed by atoms with Crippen molar-refractivity contribution in [3.8, 4) is 0 Å². The van der Waals surface area contributed by atoms with Gasteiger partial charge in [0, 0.05) is 30.3 Å². The number of hydrogen-bond acceptors (Lipinski definition) is 2. The van der Waals surface area contributed by atoms with E-state index in [-0.39, 0.29) is 0 Å². The molecule has 0 N–H and O–H groups in total. The van der Waals surface area contributed by atoms with E-state index in [0.717, 1.165) is 6.42 Å². The van der Waals surface area contributed by atoms with Crippen LogP contribution in [0, 0.1) is 0 Å². The van der Waals surface area contributed by atoms with Crippen molar-refractivity contribution in [2.75, 3.05) is 29.5 Å². The van der Waals surface area contributed by atoms with Crippen LogP contribution in [0.5, 0.6) is 0 Å². The molecule has 0 bridgehead atoms. The maximum absolute atomic E-state index is 2.48. The Morgan fingerprint density at radius 2 is 1.62 bits per heavy atom. The molecule has 1 saturated heterocycles. The number of thioether (sulfide) groups is 1. The summed E-state index contributed by atoms with van der Waals surface area (Å²) in [5.41, 5.74) is 2.82. The average molecular weight is 237 g/mol. The first-order valence-corrected chi connectivity index (χ1v) is 7.47. The Morgan fingerprint density at radius 3 is 2.12 bits per heavy atom. The Kier molecular flexibility index (Phi) is 6.39. The third kappa shape index (κ3) is 3.75. The SMILES string of the molecule is CC.CCc1ccc(N2CCSCC2)cc1. The molecule has 2 heteroatoms. The molecule has 1 aliphatic rings. The van der Waals surface area contributed by atoms with E-state index in [4.69, 9.17) is 0 Å². The summed E-state index contributed by atoms with van der Waals surface area (Å²) in [5.74, 6) is 2.55. The normalized spacial score (nSPS) is 15.3. The molecule has 1 nitrogen and oxygen atoms in total. The molecule has 1 heterocycles. The zero-order valence-electron chi connectivity index (χ0n) is 10.7. The average Bonchev–Trinajstić information content (AvgIpc) is 2.42. The molecular formula is C14H23NS. The Hall–Kier alpha value is -0.630. The van der Waals surface area contributed by atoms with Gasteiger partial charge in [-0.2, -0.15) is 11.8 Å². The van der Waals surface area contributed by atoms with Crippen molar-refractivity contribution in [1.29, 1.82) is 0 Å². The highest BCUT2D eigenvalue weighted by Gasteiger charge is 2.10. The lowest BCUT2D eigenvalue weighted by molar-refractivity contribution is 0.858. The summed E-state index contributed by atoms with van der Waals surface area (Å²) >= 11 is 2.06. The molecule has 1 aromatic carbocycles. The van der Waals surface area contributed by atoms with E-state index in [1.54, 1.807) is 0 Å². The van der Waals surface area contributed by atoms with E-state index in [1.165, 1.54) is 35.8 Å². The van der Waals surface area contributed by atoms with Crippen molar-refractivity contribution in [3.63, 3.8) is 0 Å². The van der Waals surface area contributed by atoms with Crippen molar-refractivity contribution >= 4 is 17.4 Å². The molecule has 1 aromatic rings. The molecule has 0 aromatic heterocycles. The molecule has 0 amide bonds. The van der Waals surface area contributed by atoms with Gasteiger partial charge in [-0.05, 0) is 24.1 Å². The smallest absolute Gasteiger partial charge is 0.0366 e. The summed E-state index contributed by atoms with van der Waals surface area (Å²) in [4.78, 5) is 2.48. The molecule has 1 fully saturated rings. The van der Waals surface area contributed by atoms with Crippen LogP contribution in [0.1, 0.15) is 26.3 Å². The van der Waals surface area contributed by atoms with Gasteiger partial charge in [0.2, 0.25) is 0 Å². The Morgan fingerprint density at radius 1 is 1.06 bits per heavy atom. The molecule has 0 atom stereocenters. The fourth-order valence-corrected chi connectivity index (χ4v) is 2.67. The second-order valence-corrected chi connectivity index (χ2v) is 4.84. The Bertz CT molecular complexity index is 275. The molecule has 0 radical (unpaired) electrons. The first-order chi connectivity index (χ1) is 7.90. The Labute approximate surface area is 104 Å². The zero-order chi connectivity index (χ0) is 11.8. The summed E-state index contributed by atoms with van der Waals surface area (Å²) in [5, 5.41) is 0. The van der Waals surface area contributed by atoms with Gasteiger partial charge in [0.1, 0.15) is 0 Å². The van der Waals surface area contributed by atoms with Crippen LogP contribution in [0.15, 0.2) is 24.3 Å². The number of rotatable bonds is 2. The van der Waals surface area contributed by atoms with E-state index in [1.807, 2.05) is 13.8 Å². The van der Waals surface area contributed by atoms with Gasteiger partial charge in [0.15, 0.2) is 0 Å². The lowest BCUT2D eigenvalue weighted by Crippen LogP contribution is -2.32. The molecule has 0 saturated carbocycles. The number of benzene rings is 1. The van der Waals surface area contributed by atoms with E-state index < -0.39 is 0 Å². The first-order valence-electron chi connectivity index (χ1n) is 6.32. The summed E-state index contributed by atoms with van der Waals surface area (Å²) < 4.78 is 0. The molecule has 0 spiro atoms. The van der Waals surface area contributed by atoms with Gasteiger partial charge in [-0.25, -0.2) is 0 Å². The maximum Gasteiger partial charge on any atom is 0.0366 e. The third-order valence-corrected chi connectivity index (χ3v) is 3.66. The van der Waals surface area contributed by atoms with E-state index >= 15 is 0 Å². The van der Waals surface area contributed by atoms with Crippen molar-refractivity contribution in [2.45, 2.75) is 27.2 Å². The van der Waals surface area contributed by atoms with Gasteiger partial charge in [0.05, 0.1) is 0 Å². The molecule has 2 rings (SSSR count). The van der Waals surface area contributed by atoms with Crippen LogP contribution in [-0.4, -0.2) is 24.6 Å². The lowest BCUT2D eigenvalue weighted by Gasteiger charge is -2.28.